The van der Waals surface area contributed by atoms with E-state index in [4.69, 9.17) is 14.2 Å². The second-order valence-corrected chi connectivity index (χ2v) is 5.72. The first-order chi connectivity index (χ1) is 12.6. The smallest absolute Gasteiger partial charge is 0.164 e. The maximum Gasteiger partial charge on any atom is 0.164 e. The number of hydrogen-bond donors (Lipinski definition) is 1. The molecule has 3 aromatic rings. The van der Waals surface area contributed by atoms with E-state index in [0.717, 1.165) is 16.6 Å². The summed E-state index contributed by atoms with van der Waals surface area (Å²) >= 11 is 0. The fourth-order valence-electron chi connectivity index (χ4n) is 2.73. The lowest BCUT2D eigenvalue weighted by atomic mass is 10.1. The third kappa shape index (κ3) is 3.20. The Labute approximate surface area is 151 Å². The third-order valence-corrected chi connectivity index (χ3v) is 4.05. The summed E-state index contributed by atoms with van der Waals surface area (Å²) in [6, 6.07) is 11.6. The second kappa shape index (κ2) is 7.19. The van der Waals surface area contributed by atoms with Gasteiger partial charge >= 0.3 is 0 Å². The number of benzene rings is 2. The molecule has 0 radical (unpaired) electrons. The van der Waals surface area contributed by atoms with Crippen molar-refractivity contribution in [2.45, 2.75) is 6.92 Å². The number of nitrogens with one attached hydrogen (secondary N) is 1. The molecule has 0 aliphatic rings. The van der Waals surface area contributed by atoms with Gasteiger partial charge in [0.15, 0.2) is 11.5 Å². The van der Waals surface area contributed by atoms with Crippen LogP contribution in [0.1, 0.15) is 17.0 Å². The van der Waals surface area contributed by atoms with Crippen LogP contribution >= 0.6 is 0 Å². The van der Waals surface area contributed by atoms with Gasteiger partial charge in [-0.2, -0.15) is 5.26 Å². The van der Waals surface area contributed by atoms with Gasteiger partial charge in [0.05, 0.1) is 37.9 Å². The molecule has 0 bridgehead atoms. The Morgan fingerprint density at radius 1 is 1.04 bits per heavy atom. The van der Waals surface area contributed by atoms with Crippen LogP contribution in [0.2, 0.25) is 0 Å². The van der Waals surface area contributed by atoms with Gasteiger partial charge in [-0.05, 0) is 36.8 Å². The average Bonchev–Trinajstić information content (AvgIpc) is 3.08. The molecule has 0 saturated heterocycles. The first kappa shape index (κ1) is 17.4. The minimum Gasteiger partial charge on any atom is -0.496 e. The molecule has 3 rings (SSSR count). The minimum atomic E-state index is 0.393. The van der Waals surface area contributed by atoms with Gasteiger partial charge in [0.2, 0.25) is 0 Å². The van der Waals surface area contributed by atoms with E-state index in [1.54, 1.807) is 39.5 Å². The Balaban J connectivity index is 2.12. The van der Waals surface area contributed by atoms with Gasteiger partial charge in [0.1, 0.15) is 17.6 Å². The van der Waals surface area contributed by atoms with E-state index in [1.807, 2.05) is 25.1 Å². The molecular formula is C20H19N3O3. The van der Waals surface area contributed by atoms with Crippen molar-refractivity contribution in [2.24, 2.45) is 0 Å². The van der Waals surface area contributed by atoms with Gasteiger partial charge in [-0.25, -0.2) is 4.98 Å². The molecule has 0 fully saturated rings. The van der Waals surface area contributed by atoms with Gasteiger partial charge in [-0.15, -0.1) is 0 Å². The summed E-state index contributed by atoms with van der Waals surface area (Å²) in [5, 5.41) is 9.64. The zero-order chi connectivity index (χ0) is 18.7. The molecule has 0 saturated carbocycles. The molecule has 0 atom stereocenters. The number of aryl methyl sites for hydroxylation is 1. The predicted octanol–water partition coefficient (Wildman–Crippen LogP) is 3.96. The van der Waals surface area contributed by atoms with Gasteiger partial charge < -0.3 is 19.2 Å². The number of fused-ring (bicyclic) bond motifs is 1. The van der Waals surface area contributed by atoms with E-state index in [-0.39, 0.29) is 0 Å². The van der Waals surface area contributed by atoms with Crippen molar-refractivity contribution in [1.82, 2.24) is 9.97 Å². The molecule has 132 valence electrons. The molecule has 0 unspecified atom stereocenters. The summed E-state index contributed by atoms with van der Waals surface area (Å²) in [6.07, 6.45) is 1.71. The van der Waals surface area contributed by atoms with E-state index >= 15 is 0 Å². The summed E-state index contributed by atoms with van der Waals surface area (Å²) < 4.78 is 16.1. The summed E-state index contributed by atoms with van der Waals surface area (Å²) in [6.45, 7) is 2.01. The average molecular weight is 349 g/mol. The number of nitrogens with zero attached hydrogens (tertiary/aromatic N) is 2. The number of aromatic amines is 1. The third-order valence-electron chi connectivity index (χ3n) is 4.05. The zero-order valence-corrected chi connectivity index (χ0v) is 15.1. The molecule has 6 nitrogen and oxygen atoms in total. The lowest BCUT2D eigenvalue weighted by Crippen LogP contribution is -1.95. The zero-order valence-electron chi connectivity index (χ0n) is 15.1. The van der Waals surface area contributed by atoms with Gasteiger partial charge in [-0.3, -0.25) is 0 Å². The quantitative estimate of drug-likeness (QED) is 0.705. The Morgan fingerprint density at radius 3 is 2.38 bits per heavy atom. The molecule has 2 aromatic carbocycles. The highest BCUT2D eigenvalue weighted by Gasteiger charge is 2.13. The van der Waals surface area contributed by atoms with Crippen LogP contribution in [0.3, 0.4) is 0 Å². The standard InChI is InChI=1S/C20H19N3O3/c1-12-5-6-15-16(7-12)23-20(22-15)14(11-21)8-13-9-18(25-3)19(26-4)10-17(13)24-2/h5-10H,1-4H3,(H,22,23)/b14-8-. The number of hydrogen-bond acceptors (Lipinski definition) is 5. The van der Waals surface area contributed by atoms with Gasteiger partial charge in [-0.1, -0.05) is 6.07 Å². The maximum absolute atomic E-state index is 9.64. The molecular weight excluding hydrogens is 330 g/mol. The molecule has 0 aliphatic heterocycles. The number of nitriles is 1. The molecule has 26 heavy (non-hydrogen) atoms. The summed E-state index contributed by atoms with van der Waals surface area (Å²) in [5.74, 6) is 2.18. The first-order valence-electron chi connectivity index (χ1n) is 7.98. The lowest BCUT2D eigenvalue weighted by molar-refractivity contribution is 0.348. The van der Waals surface area contributed by atoms with Crippen LogP contribution in [0.4, 0.5) is 0 Å². The molecule has 0 spiro atoms. The van der Waals surface area contributed by atoms with Crippen LogP contribution in [0.25, 0.3) is 22.7 Å². The number of allylic oxidation sites excluding steroid dienone is 1. The fourth-order valence-corrected chi connectivity index (χ4v) is 2.73. The molecule has 1 heterocycles. The van der Waals surface area contributed by atoms with Crippen LogP contribution in [-0.2, 0) is 0 Å². The normalized spacial score (nSPS) is 11.3. The Kier molecular flexibility index (Phi) is 4.81. The number of H-pyrrole nitrogens is 1. The van der Waals surface area contributed by atoms with Crippen molar-refractivity contribution < 1.29 is 14.2 Å². The Morgan fingerprint density at radius 2 is 1.73 bits per heavy atom. The molecule has 1 N–H and O–H groups in total. The van der Waals surface area contributed by atoms with E-state index in [9.17, 15) is 5.26 Å². The predicted molar refractivity (Wildman–Crippen MR) is 100 cm³/mol. The van der Waals surface area contributed by atoms with E-state index < -0.39 is 0 Å². The monoisotopic (exact) mass is 349 g/mol. The largest absolute Gasteiger partial charge is 0.496 e. The van der Waals surface area contributed by atoms with Crippen LogP contribution in [0.5, 0.6) is 17.2 Å². The highest BCUT2D eigenvalue weighted by molar-refractivity contribution is 5.91. The van der Waals surface area contributed by atoms with Crippen molar-refractivity contribution in [2.75, 3.05) is 21.3 Å². The molecule has 0 amide bonds. The van der Waals surface area contributed by atoms with Crippen molar-refractivity contribution >= 4 is 22.7 Å². The van der Waals surface area contributed by atoms with E-state index in [0.29, 0.717) is 34.2 Å². The first-order valence-corrected chi connectivity index (χ1v) is 7.98. The van der Waals surface area contributed by atoms with Crippen molar-refractivity contribution in [3.63, 3.8) is 0 Å². The summed E-state index contributed by atoms with van der Waals surface area (Å²) in [5.41, 5.74) is 3.91. The van der Waals surface area contributed by atoms with Crippen LogP contribution < -0.4 is 14.2 Å². The number of ether oxygens (including phenoxy) is 3. The van der Waals surface area contributed by atoms with Crippen molar-refractivity contribution in [3.05, 3.63) is 47.3 Å². The molecule has 6 heteroatoms. The summed E-state index contributed by atoms with van der Waals surface area (Å²) in [4.78, 5) is 7.71. The highest BCUT2D eigenvalue weighted by Crippen LogP contribution is 2.36. The van der Waals surface area contributed by atoms with Crippen LogP contribution in [0.15, 0.2) is 30.3 Å². The fraction of sp³-hybridized carbons (Fsp3) is 0.200. The van der Waals surface area contributed by atoms with Crippen LogP contribution in [-0.4, -0.2) is 31.3 Å². The van der Waals surface area contributed by atoms with Crippen molar-refractivity contribution in [1.29, 1.82) is 5.26 Å². The topological polar surface area (TPSA) is 80.2 Å². The second-order valence-electron chi connectivity index (χ2n) is 5.72. The number of imidazole rings is 1. The number of aromatic nitrogens is 2. The molecule has 0 aliphatic carbocycles. The summed E-state index contributed by atoms with van der Waals surface area (Å²) in [7, 11) is 4.68. The lowest BCUT2D eigenvalue weighted by Gasteiger charge is -2.12. The maximum atomic E-state index is 9.64. The Hall–Kier alpha value is -3.46. The number of rotatable bonds is 5. The van der Waals surface area contributed by atoms with Gasteiger partial charge in [0, 0.05) is 11.6 Å². The molecule has 1 aromatic heterocycles. The highest BCUT2D eigenvalue weighted by atomic mass is 16.5. The minimum absolute atomic E-state index is 0.393. The van der Waals surface area contributed by atoms with E-state index in [1.165, 1.54) is 0 Å². The van der Waals surface area contributed by atoms with E-state index in [2.05, 4.69) is 16.0 Å². The SMILES string of the molecule is COc1cc(OC)c(OC)cc1/C=C(/C#N)c1nc2ccc(C)cc2[nH]1. The van der Waals surface area contributed by atoms with Crippen molar-refractivity contribution in [3.8, 4) is 23.3 Å². The Bertz CT molecular complexity index is 1030. The number of methoxy groups -OCH3 is 3. The van der Waals surface area contributed by atoms with Gasteiger partial charge in [0.25, 0.3) is 0 Å². The van der Waals surface area contributed by atoms with Crippen LogP contribution in [0, 0.1) is 18.3 Å².